The molecule has 0 radical (unpaired) electrons. The van der Waals surface area contributed by atoms with Crippen molar-refractivity contribution in [2.75, 3.05) is 0 Å². The lowest BCUT2D eigenvalue weighted by Crippen LogP contribution is -2.17. The highest BCUT2D eigenvalue weighted by Crippen LogP contribution is 2.29. The van der Waals surface area contributed by atoms with Crippen LogP contribution in [-0.4, -0.2) is 12.1 Å². The van der Waals surface area contributed by atoms with Crippen LogP contribution in [0.2, 0.25) is 0 Å². The van der Waals surface area contributed by atoms with Crippen LogP contribution in [0.15, 0.2) is 18.2 Å². The van der Waals surface area contributed by atoms with Crippen LogP contribution in [0, 0.1) is 0 Å². The summed E-state index contributed by atoms with van der Waals surface area (Å²) in [5, 5.41) is 0. The molecule has 0 aromatic heterocycles. The van der Waals surface area contributed by atoms with Gasteiger partial charge in [-0.1, -0.05) is 12.1 Å². The molecule has 0 saturated heterocycles. The predicted molar refractivity (Wildman–Crippen MR) is 57.6 cm³/mol. The number of fused-ring (bicyclic) bond motifs is 1. The molecule has 0 aliphatic carbocycles. The molecular weight excluding hydrogens is 174 g/mol. The Balaban J connectivity index is 2.20. The molecule has 0 bridgehead atoms. The van der Waals surface area contributed by atoms with E-state index in [-0.39, 0.29) is 6.04 Å². The maximum Gasteiger partial charge on any atom is 0.123 e. The van der Waals surface area contributed by atoms with Crippen molar-refractivity contribution >= 4 is 0 Å². The summed E-state index contributed by atoms with van der Waals surface area (Å²) in [4.78, 5) is 0. The van der Waals surface area contributed by atoms with Crippen LogP contribution in [0.5, 0.6) is 5.75 Å². The molecule has 2 nitrogen and oxygen atoms in total. The molecule has 76 valence electrons. The predicted octanol–water partition coefficient (Wildman–Crippen LogP) is 1.90. The number of hydrogen-bond donors (Lipinski definition) is 1. The van der Waals surface area contributed by atoms with E-state index in [2.05, 4.69) is 25.1 Å². The Morgan fingerprint density at radius 3 is 3.07 bits per heavy atom. The Hall–Kier alpha value is -1.02. The van der Waals surface area contributed by atoms with Crippen molar-refractivity contribution in [3.63, 3.8) is 0 Å². The number of nitrogens with two attached hydrogens (primary N) is 1. The minimum Gasteiger partial charge on any atom is -0.490 e. The Kier molecular flexibility index (Phi) is 2.46. The average Bonchev–Trinajstić information content (AvgIpc) is 2.42. The summed E-state index contributed by atoms with van der Waals surface area (Å²) in [7, 11) is 0. The summed E-state index contributed by atoms with van der Waals surface area (Å²) < 4.78 is 5.69. The van der Waals surface area contributed by atoms with Crippen molar-refractivity contribution in [2.24, 2.45) is 5.73 Å². The van der Waals surface area contributed by atoms with Crippen LogP contribution in [0.25, 0.3) is 0 Å². The van der Waals surface area contributed by atoms with Crippen molar-refractivity contribution in [1.29, 1.82) is 0 Å². The molecule has 2 rings (SSSR count). The largest absolute Gasteiger partial charge is 0.490 e. The molecular formula is C12H17NO. The lowest BCUT2D eigenvalue weighted by atomic mass is 10.0. The fourth-order valence-corrected chi connectivity index (χ4v) is 1.94. The second kappa shape index (κ2) is 3.62. The number of ether oxygens (including phenoxy) is 1. The normalized spacial score (nSPS) is 21.5. The Bertz CT molecular complexity index is 333. The van der Waals surface area contributed by atoms with Gasteiger partial charge in [-0.2, -0.15) is 0 Å². The minimum atomic E-state index is 0.215. The van der Waals surface area contributed by atoms with Gasteiger partial charge in [0.1, 0.15) is 11.9 Å². The average molecular weight is 191 g/mol. The van der Waals surface area contributed by atoms with Crippen LogP contribution >= 0.6 is 0 Å². The molecule has 2 atom stereocenters. The molecule has 1 aromatic carbocycles. The monoisotopic (exact) mass is 191 g/mol. The van der Waals surface area contributed by atoms with Gasteiger partial charge in [-0.05, 0) is 37.5 Å². The number of rotatable bonds is 2. The summed E-state index contributed by atoms with van der Waals surface area (Å²) in [5.41, 5.74) is 8.35. The highest BCUT2D eigenvalue weighted by Gasteiger charge is 2.18. The third-order valence-electron chi connectivity index (χ3n) is 2.52. The molecule has 2 heteroatoms. The van der Waals surface area contributed by atoms with E-state index < -0.39 is 0 Å². The van der Waals surface area contributed by atoms with E-state index in [0.717, 1.165) is 18.6 Å². The first-order chi connectivity index (χ1) is 6.65. The maximum atomic E-state index is 5.76. The van der Waals surface area contributed by atoms with Crippen LogP contribution < -0.4 is 10.5 Å². The first-order valence-electron chi connectivity index (χ1n) is 5.19. The molecule has 0 saturated carbocycles. The van der Waals surface area contributed by atoms with Crippen LogP contribution in [0.3, 0.4) is 0 Å². The minimum absolute atomic E-state index is 0.215. The second-order valence-corrected chi connectivity index (χ2v) is 4.26. The molecule has 1 aliphatic heterocycles. The van der Waals surface area contributed by atoms with Crippen LogP contribution in [-0.2, 0) is 12.8 Å². The first kappa shape index (κ1) is 9.53. The fraction of sp³-hybridized carbons (Fsp3) is 0.500. The third kappa shape index (κ3) is 1.90. The maximum absolute atomic E-state index is 5.76. The van der Waals surface area contributed by atoms with Gasteiger partial charge in [-0.15, -0.1) is 0 Å². The van der Waals surface area contributed by atoms with E-state index in [1.807, 2.05) is 6.92 Å². The molecule has 0 spiro atoms. The Morgan fingerprint density at radius 2 is 2.36 bits per heavy atom. The van der Waals surface area contributed by atoms with Gasteiger partial charge in [-0.25, -0.2) is 0 Å². The zero-order chi connectivity index (χ0) is 10.1. The van der Waals surface area contributed by atoms with E-state index in [0.29, 0.717) is 6.10 Å². The molecule has 0 amide bonds. The molecule has 1 heterocycles. The highest BCUT2D eigenvalue weighted by atomic mass is 16.5. The third-order valence-corrected chi connectivity index (χ3v) is 2.52. The number of benzene rings is 1. The quantitative estimate of drug-likeness (QED) is 0.775. The Labute approximate surface area is 85.1 Å². The summed E-state index contributed by atoms with van der Waals surface area (Å²) in [5.74, 6) is 1.05. The summed E-state index contributed by atoms with van der Waals surface area (Å²) in [6.45, 7) is 4.13. The summed E-state index contributed by atoms with van der Waals surface area (Å²) in [6, 6.07) is 6.66. The molecule has 1 aromatic rings. The van der Waals surface area contributed by atoms with Gasteiger partial charge in [0.2, 0.25) is 0 Å². The van der Waals surface area contributed by atoms with E-state index in [1.54, 1.807) is 0 Å². The molecule has 2 unspecified atom stereocenters. The SMILES string of the molecule is CC(N)Cc1ccc2c(c1)OC(C)C2. The first-order valence-corrected chi connectivity index (χ1v) is 5.19. The smallest absolute Gasteiger partial charge is 0.123 e. The van der Waals surface area contributed by atoms with E-state index >= 15 is 0 Å². The van der Waals surface area contributed by atoms with Gasteiger partial charge in [0.15, 0.2) is 0 Å². The van der Waals surface area contributed by atoms with Gasteiger partial charge < -0.3 is 10.5 Å². The fourth-order valence-electron chi connectivity index (χ4n) is 1.94. The summed E-state index contributed by atoms with van der Waals surface area (Å²) >= 11 is 0. The lowest BCUT2D eigenvalue weighted by Gasteiger charge is -2.07. The van der Waals surface area contributed by atoms with E-state index in [9.17, 15) is 0 Å². The van der Waals surface area contributed by atoms with Crippen LogP contribution in [0.4, 0.5) is 0 Å². The molecule has 0 fully saturated rings. The van der Waals surface area contributed by atoms with E-state index in [1.165, 1.54) is 11.1 Å². The van der Waals surface area contributed by atoms with Crippen molar-refractivity contribution in [2.45, 2.75) is 38.8 Å². The standard InChI is InChI=1S/C12H17NO/c1-8(13)5-10-3-4-11-6-9(2)14-12(11)7-10/h3-4,7-9H,5-6,13H2,1-2H3. The number of hydrogen-bond acceptors (Lipinski definition) is 2. The zero-order valence-electron chi connectivity index (χ0n) is 8.79. The van der Waals surface area contributed by atoms with Gasteiger partial charge in [0, 0.05) is 12.5 Å². The molecule has 2 N–H and O–H groups in total. The topological polar surface area (TPSA) is 35.2 Å². The lowest BCUT2D eigenvalue weighted by molar-refractivity contribution is 0.254. The highest BCUT2D eigenvalue weighted by molar-refractivity contribution is 5.41. The second-order valence-electron chi connectivity index (χ2n) is 4.26. The van der Waals surface area contributed by atoms with Gasteiger partial charge >= 0.3 is 0 Å². The van der Waals surface area contributed by atoms with Gasteiger partial charge in [0.05, 0.1) is 0 Å². The Morgan fingerprint density at radius 1 is 1.57 bits per heavy atom. The van der Waals surface area contributed by atoms with Crippen molar-refractivity contribution in [3.05, 3.63) is 29.3 Å². The van der Waals surface area contributed by atoms with Crippen molar-refractivity contribution in [1.82, 2.24) is 0 Å². The molecule has 14 heavy (non-hydrogen) atoms. The van der Waals surface area contributed by atoms with Gasteiger partial charge in [0.25, 0.3) is 0 Å². The molecule has 1 aliphatic rings. The summed E-state index contributed by atoms with van der Waals surface area (Å²) in [6.07, 6.45) is 2.29. The van der Waals surface area contributed by atoms with Crippen molar-refractivity contribution < 1.29 is 4.74 Å². The van der Waals surface area contributed by atoms with Gasteiger partial charge in [-0.3, -0.25) is 0 Å². The van der Waals surface area contributed by atoms with E-state index in [4.69, 9.17) is 10.5 Å². The van der Waals surface area contributed by atoms with Crippen LogP contribution in [0.1, 0.15) is 25.0 Å². The van der Waals surface area contributed by atoms with Crippen molar-refractivity contribution in [3.8, 4) is 5.75 Å². The zero-order valence-corrected chi connectivity index (χ0v) is 8.79.